The van der Waals surface area contributed by atoms with Crippen molar-refractivity contribution in [1.29, 1.82) is 0 Å². The molecule has 1 heterocycles. The first-order valence-electron chi connectivity index (χ1n) is 9.91. The Morgan fingerprint density at radius 3 is 2.27 bits per heavy atom. The average Bonchev–Trinajstić information content (AvgIpc) is 2.62. The zero-order chi connectivity index (χ0) is 18.6. The highest BCUT2D eigenvalue weighted by atomic mass is 32.2. The minimum Gasteiger partial charge on any atom is -0.373 e. The van der Waals surface area contributed by atoms with Gasteiger partial charge in [-0.2, -0.15) is 0 Å². The van der Waals surface area contributed by atoms with Crippen LogP contribution < -0.4 is 4.72 Å². The Kier molecular flexibility index (Phi) is 6.72. The first-order valence-corrected chi connectivity index (χ1v) is 11.4. The van der Waals surface area contributed by atoms with Crippen molar-refractivity contribution in [3.8, 4) is 0 Å². The topological polar surface area (TPSA) is 58.6 Å². The van der Waals surface area contributed by atoms with Gasteiger partial charge in [-0.1, -0.05) is 31.4 Å². The third-order valence-corrected chi connectivity index (χ3v) is 6.96. The van der Waals surface area contributed by atoms with Gasteiger partial charge in [-0.3, -0.25) is 4.90 Å². The molecule has 1 N–H and O–H groups in total. The molecule has 3 rings (SSSR count). The highest BCUT2D eigenvalue weighted by Gasteiger charge is 2.23. The Bertz CT molecular complexity index is 659. The summed E-state index contributed by atoms with van der Waals surface area (Å²) in [6.07, 6.45) is 6.73. The molecule has 0 spiro atoms. The number of hydrogen-bond donors (Lipinski definition) is 1. The predicted molar refractivity (Wildman–Crippen MR) is 104 cm³/mol. The molecule has 26 heavy (non-hydrogen) atoms. The van der Waals surface area contributed by atoms with Crippen LogP contribution in [0.25, 0.3) is 0 Å². The lowest BCUT2D eigenvalue weighted by Crippen LogP contribution is -2.47. The second-order valence-electron chi connectivity index (χ2n) is 7.82. The van der Waals surface area contributed by atoms with Gasteiger partial charge in [0.2, 0.25) is 10.0 Å². The van der Waals surface area contributed by atoms with Gasteiger partial charge in [-0.05, 0) is 50.3 Å². The summed E-state index contributed by atoms with van der Waals surface area (Å²) in [6, 6.07) is 7.50. The molecular formula is C20H32N2O3S. The van der Waals surface area contributed by atoms with Crippen LogP contribution >= 0.6 is 0 Å². The minimum atomic E-state index is -3.44. The molecule has 1 aromatic rings. The summed E-state index contributed by atoms with van der Waals surface area (Å²) in [4.78, 5) is 2.62. The molecule has 6 heteroatoms. The van der Waals surface area contributed by atoms with E-state index >= 15 is 0 Å². The number of ether oxygens (including phenoxy) is 1. The maximum atomic E-state index is 12.5. The quantitative estimate of drug-likeness (QED) is 0.824. The first-order chi connectivity index (χ1) is 12.4. The lowest BCUT2D eigenvalue weighted by molar-refractivity contribution is -0.0671. The molecule has 2 unspecified atom stereocenters. The van der Waals surface area contributed by atoms with Gasteiger partial charge in [0.1, 0.15) is 0 Å². The standard InChI is InChI=1S/C20H32N2O3S/c1-16-14-22(15-17(2)25-16)13-12-21-26(23,24)20-10-8-19(9-11-20)18-6-4-3-5-7-18/h8-11,16-18,21H,3-7,12-15H2,1-2H3. The Balaban J connectivity index is 1.52. The number of hydrogen-bond acceptors (Lipinski definition) is 4. The molecule has 146 valence electrons. The zero-order valence-corrected chi connectivity index (χ0v) is 16.8. The Morgan fingerprint density at radius 2 is 1.65 bits per heavy atom. The van der Waals surface area contributed by atoms with Gasteiger partial charge in [0.25, 0.3) is 0 Å². The van der Waals surface area contributed by atoms with Crippen molar-refractivity contribution in [2.75, 3.05) is 26.2 Å². The molecule has 1 saturated heterocycles. The van der Waals surface area contributed by atoms with Gasteiger partial charge < -0.3 is 4.74 Å². The normalized spacial score (nSPS) is 26.1. The number of nitrogens with zero attached hydrogens (tertiary/aromatic N) is 1. The van der Waals surface area contributed by atoms with Crippen molar-refractivity contribution in [3.05, 3.63) is 29.8 Å². The Morgan fingerprint density at radius 1 is 1.04 bits per heavy atom. The van der Waals surface area contributed by atoms with Crippen LogP contribution in [-0.4, -0.2) is 51.7 Å². The molecule has 0 amide bonds. The SMILES string of the molecule is CC1CN(CCNS(=O)(=O)c2ccc(C3CCCCC3)cc2)CC(C)O1. The zero-order valence-electron chi connectivity index (χ0n) is 16.0. The van der Waals surface area contributed by atoms with E-state index in [1.807, 2.05) is 12.1 Å². The molecule has 1 aliphatic heterocycles. The molecule has 0 bridgehead atoms. The lowest BCUT2D eigenvalue weighted by Gasteiger charge is -2.35. The Hall–Kier alpha value is -0.950. The summed E-state index contributed by atoms with van der Waals surface area (Å²) in [5.41, 5.74) is 1.28. The van der Waals surface area contributed by atoms with Gasteiger partial charge in [0.15, 0.2) is 0 Å². The van der Waals surface area contributed by atoms with E-state index in [1.165, 1.54) is 37.7 Å². The minimum absolute atomic E-state index is 0.197. The third kappa shape index (κ3) is 5.28. The molecule has 2 fully saturated rings. The third-order valence-electron chi connectivity index (χ3n) is 5.48. The van der Waals surface area contributed by atoms with E-state index in [4.69, 9.17) is 4.74 Å². The molecule has 1 aliphatic carbocycles. The van der Waals surface area contributed by atoms with Crippen molar-refractivity contribution < 1.29 is 13.2 Å². The second-order valence-corrected chi connectivity index (χ2v) is 9.59. The van der Waals surface area contributed by atoms with E-state index in [2.05, 4.69) is 23.5 Å². The maximum Gasteiger partial charge on any atom is 0.240 e. The first kappa shape index (κ1) is 19.8. The van der Waals surface area contributed by atoms with Gasteiger partial charge >= 0.3 is 0 Å². The summed E-state index contributed by atoms with van der Waals surface area (Å²) in [5.74, 6) is 0.596. The van der Waals surface area contributed by atoms with E-state index in [0.717, 1.165) is 13.1 Å². The Labute approximate surface area is 158 Å². The van der Waals surface area contributed by atoms with Gasteiger partial charge in [0.05, 0.1) is 17.1 Å². The number of nitrogens with one attached hydrogen (secondary N) is 1. The molecule has 1 saturated carbocycles. The van der Waals surface area contributed by atoms with Gasteiger partial charge in [-0.25, -0.2) is 13.1 Å². The van der Waals surface area contributed by atoms with Crippen LogP contribution in [0.4, 0.5) is 0 Å². The fraction of sp³-hybridized carbons (Fsp3) is 0.700. The van der Waals surface area contributed by atoms with Crippen LogP contribution in [-0.2, 0) is 14.8 Å². The highest BCUT2D eigenvalue weighted by Crippen LogP contribution is 2.32. The molecule has 0 aromatic heterocycles. The van der Waals surface area contributed by atoms with Crippen LogP contribution in [0.2, 0.25) is 0 Å². The predicted octanol–water partition coefficient (Wildman–Crippen LogP) is 3.12. The fourth-order valence-corrected chi connectivity index (χ4v) is 5.26. The van der Waals surface area contributed by atoms with Gasteiger partial charge in [0, 0.05) is 26.2 Å². The van der Waals surface area contributed by atoms with Crippen molar-refractivity contribution in [3.63, 3.8) is 0 Å². The number of morpholine rings is 1. The smallest absolute Gasteiger partial charge is 0.240 e. The van der Waals surface area contributed by atoms with Crippen LogP contribution in [0, 0.1) is 0 Å². The average molecular weight is 381 g/mol. The highest BCUT2D eigenvalue weighted by molar-refractivity contribution is 7.89. The molecule has 1 aromatic carbocycles. The lowest BCUT2D eigenvalue weighted by atomic mass is 9.84. The summed E-state index contributed by atoms with van der Waals surface area (Å²) < 4.78 is 33.5. The van der Waals surface area contributed by atoms with E-state index in [9.17, 15) is 8.42 Å². The van der Waals surface area contributed by atoms with Crippen LogP contribution in [0.5, 0.6) is 0 Å². The fourth-order valence-electron chi connectivity index (χ4n) is 4.24. The van der Waals surface area contributed by atoms with E-state index in [1.54, 1.807) is 12.1 Å². The summed E-state index contributed by atoms with van der Waals surface area (Å²) in [7, 11) is -3.44. The maximum absolute atomic E-state index is 12.5. The summed E-state index contributed by atoms with van der Waals surface area (Å²) in [6.45, 7) is 6.94. The van der Waals surface area contributed by atoms with Crippen LogP contribution in [0.3, 0.4) is 0 Å². The van der Waals surface area contributed by atoms with Crippen LogP contribution in [0.15, 0.2) is 29.2 Å². The van der Waals surface area contributed by atoms with Crippen molar-refractivity contribution >= 4 is 10.0 Å². The van der Waals surface area contributed by atoms with Crippen molar-refractivity contribution in [2.45, 2.75) is 69.0 Å². The van der Waals surface area contributed by atoms with Crippen LogP contribution in [0.1, 0.15) is 57.4 Å². The number of sulfonamides is 1. The molecule has 5 nitrogen and oxygen atoms in total. The molecular weight excluding hydrogens is 348 g/mol. The number of benzene rings is 1. The van der Waals surface area contributed by atoms with Crippen molar-refractivity contribution in [2.24, 2.45) is 0 Å². The molecule has 2 atom stereocenters. The largest absolute Gasteiger partial charge is 0.373 e. The summed E-state index contributed by atoms with van der Waals surface area (Å²) >= 11 is 0. The van der Waals surface area contributed by atoms with E-state index in [0.29, 0.717) is 23.9 Å². The van der Waals surface area contributed by atoms with Gasteiger partial charge in [-0.15, -0.1) is 0 Å². The summed E-state index contributed by atoms with van der Waals surface area (Å²) in [5, 5.41) is 0. The van der Waals surface area contributed by atoms with Crippen molar-refractivity contribution in [1.82, 2.24) is 9.62 Å². The second kappa shape index (κ2) is 8.83. The monoisotopic (exact) mass is 380 g/mol. The number of rotatable bonds is 6. The van der Waals surface area contributed by atoms with E-state index in [-0.39, 0.29) is 12.2 Å². The molecule has 0 radical (unpaired) electrons. The molecule has 2 aliphatic rings. The van der Waals surface area contributed by atoms with E-state index < -0.39 is 10.0 Å².